The highest BCUT2D eigenvalue weighted by atomic mass is 32.2. The highest BCUT2D eigenvalue weighted by Crippen LogP contribution is 2.32. The van der Waals surface area contributed by atoms with Gasteiger partial charge in [-0.25, -0.2) is 13.1 Å². The van der Waals surface area contributed by atoms with E-state index in [9.17, 15) is 23.3 Å². The minimum absolute atomic E-state index is 0.0954. The van der Waals surface area contributed by atoms with Crippen LogP contribution >= 0.6 is 0 Å². The summed E-state index contributed by atoms with van der Waals surface area (Å²) in [6.07, 6.45) is 3.84. The van der Waals surface area contributed by atoms with Gasteiger partial charge in [-0.05, 0) is 56.2 Å². The van der Waals surface area contributed by atoms with E-state index in [1.54, 1.807) is 48.1 Å². The van der Waals surface area contributed by atoms with Crippen molar-refractivity contribution in [3.05, 3.63) is 83.1 Å². The Kier molecular flexibility index (Phi) is 9.51. The molecule has 3 heterocycles. The molecule has 0 bridgehead atoms. The molecule has 0 radical (unpaired) electrons. The third kappa shape index (κ3) is 6.27. The lowest BCUT2D eigenvalue weighted by Gasteiger charge is -2.27. The fourth-order valence-electron chi connectivity index (χ4n) is 5.11. The highest BCUT2D eigenvalue weighted by molar-refractivity contribution is 7.89. The second-order valence-electron chi connectivity index (χ2n) is 10.2. The Balaban J connectivity index is 1.57. The number of imide groups is 1. The van der Waals surface area contributed by atoms with Crippen molar-refractivity contribution in [3.8, 4) is 23.0 Å². The van der Waals surface area contributed by atoms with Gasteiger partial charge in [-0.3, -0.25) is 14.5 Å². The van der Waals surface area contributed by atoms with Crippen molar-refractivity contribution in [2.45, 2.75) is 25.2 Å². The van der Waals surface area contributed by atoms with E-state index in [4.69, 9.17) is 14.6 Å². The van der Waals surface area contributed by atoms with Crippen LogP contribution in [0.3, 0.4) is 0 Å². The lowest BCUT2D eigenvalue weighted by Crippen LogP contribution is -2.43. The maximum Gasteiger partial charge on any atom is 0.271 e. The molecule has 2 aliphatic rings. The molecule has 3 aromatic rings. The maximum atomic E-state index is 13.7. The van der Waals surface area contributed by atoms with E-state index in [0.29, 0.717) is 62.8 Å². The fraction of sp³-hybridized carbons (Fsp3) is 0.312. The first-order chi connectivity index (χ1) is 21.3. The highest BCUT2D eigenvalue weighted by Gasteiger charge is 2.35. The summed E-state index contributed by atoms with van der Waals surface area (Å²) in [5.74, 6) is -1.13. The number of benzene rings is 2. The van der Waals surface area contributed by atoms with Crippen LogP contribution < -0.4 is 0 Å². The number of morpholine rings is 1. The molecule has 1 fully saturated rings. The predicted molar refractivity (Wildman–Crippen MR) is 163 cm³/mol. The topological polar surface area (TPSA) is 135 Å². The van der Waals surface area contributed by atoms with Crippen LogP contribution in [0.1, 0.15) is 25.8 Å². The molecular formula is C32H33N5O6S. The van der Waals surface area contributed by atoms with Crippen molar-refractivity contribution in [2.75, 3.05) is 46.1 Å². The Labute approximate surface area is 256 Å². The molecule has 2 aliphatic heterocycles. The molecule has 12 heteroatoms. The van der Waals surface area contributed by atoms with Gasteiger partial charge in [0.15, 0.2) is 0 Å². The zero-order chi connectivity index (χ0) is 31.3. The van der Waals surface area contributed by atoms with Gasteiger partial charge >= 0.3 is 0 Å². The molecule has 0 unspecified atom stereocenters. The predicted octanol–water partition coefficient (Wildman–Crippen LogP) is 3.58. The van der Waals surface area contributed by atoms with Gasteiger partial charge in [0.2, 0.25) is 10.0 Å². The Morgan fingerprint density at radius 3 is 2.41 bits per heavy atom. The monoisotopic (exact) mass is 615 g/mol. The van der Waals surface area contributed by atoms with Gasteiger partial charge in [-0.15, -0.1) is 0 Å². The van der Waals surface area contributed by atoms with Crippen molar-refractivity contribution in [1.29, 1.82) is 5.26 Å². The van der Waals surface area contributed by atoms with Gasteiger partial charge < -0.3 is 9.47 Å². The van der Waals surface area contributed by atoms with Crippen LogP contribution in [0, 0.1) is 11.3 Å². The Morgan fingerprint density at radius 2 is 1.75 bits per heavy atom. The van der Waals surface area contributed by atoms with Crippen LogP contribution in [-0.4, -0.2) is 85.3 Å². The zero-order valence-corrected chi connectivity index (χ0v) is 25.4. The molecule has 5 rings (SSSR count). The standard InChI is InChI=1S/C32H33N5O6S/c1-3-42-17-7-14-36-31(38)28(23(2)29(21-33)32(36)39)20-25-22-37(26-8-5-4-6-9-26)34-30(25)24-10-12-27(13-11-24)44(40,41)35-15-18-43-19-16-35/h4-6,8-13,20,22H,3,7,14-19H2,1-2H3/b28-20+. The largest absolute Gasteiger partial charge is 0.382 e. The number of amides is 2. The van der Waals surface area contributed by atoms with Crippen LogP contribution in [-0.2, 0) is 29.1 Å². The summed E-state index contributed by atoms with van der Waals surface area (Å²) in [7, 11) is -3.69. The number of nitrogens with zero attached hydrogens (tertiary/aromatic N) is 5. The van der Waals surface area contributed by atoms with Crippen molar-refractivity contribution >= 4 is 27.9 Å². The van der Waals surface area contributed by atoms with E-state index < -0.39 is 21.8 Å². The minimum Gasteiger partial charge on any atom is -0.382 e. The van der Waals surface area contributed by atoms with Gasteiger partial charge in [0.1, 0.15) is 11.6 Å². The minimum atomic E-state index is -3.69. The van der Waals surface area contributed by atoms with E-state index in [1.165, 1.54) is 4.31 Å². The number of carbonyl (C=O) groups is 2. The van der Waals surface area contributed by atoms with Crippen LogP contribution in [0.2, 0.25) is 0 Å². The fourth-order valence-corrected chi connectivity index (χ4v) is 6.52. The normalized spacial score (nSPS) is 17.4. The van der Waals surface area contributed by atoms with Crippen LogP contribution in [0.25, 0.3) is 23.0 Å². The Morgan fingerprint density at radius 1 is 1.05 bits per heavy atom. The van der Waals surface area contributed by atoms with Gasteiger partial charge in [-0.1, -0.05) is 30.3 Å². The van der Waals surface area contributed by atoms with Gasteiger partial charge in [0.05, 0.1) is 29.5 Å². The zero-order valence-electron chi connectivity index (χ0n) is 24.6. The molecule has 0 atom stereocenters. The molecular weight excluding hydrogens is 582 g/mol. The summed E-state index contributed by atoms with van der Waals surface area (Å²) in [6, 6.07) is 17.8. The number of rotatable bonds is 10. The lowest BCUT2D eigenvalue weighted by molar-refractivity contribution is -0.140. The maximum absolute atomic E-state index is 13.7. The molecule has 1 aromatic heterocycles. The molecule has 11 nitrogen and oxygen atoms in total. The Hall–Kier alpha value is -4.41. The van der Waals surface area contributed by atoms with Crippen molar-refractivity contribution in [1.82, 2.24) is 19.0 Å². The van der Waals surface area contributed by atoms with Crippen molar-refractivity contribution in [2.24, 2.45) is 0 Å². The molecule has 228 valence electrons. The molecule has 0 aliphatic carbocycles. The second kappa shape index (κ2) is 13.5. The van der Waals surface area contributed by atoms with Gasteiger partial charge in [0, 0.05) is 55.7 Å². The van der Waals surface area contributed by atoms with E-state index in [1.807, 2.05) is 43.3 Å². The molecule has 0 spiro atoms. The number of para-hydroxylation sites is 1. The average molecular weight is 616 g/mol. The number of sulfonamides is 1. The van der Waals surface area contributed by atoms with Gasteiger partial charge in [0.25, 0.3) is 11.8 Å². The van der Waals surface area contributed by atoms with Crippen LogP contribution in [0.4, 0.5) is 0 Å². The number of aromatic nitrogens is 2. The third-order valence-corrected chi connectivity index (χ3v) is 9.41. The summed E-state index contributed by atoms with van der Waals surface area (Å²) in [5, 5.41) is 14.6. The first-order valence-electron chi connectivity index (χ1n) is 14.4. The van der Waals surface area contributed by atoms with E-state index in [2.05, 4.69) is 0 Å². The molecule has 2 amide bonds. The van der Waals surface area contributed by atoms with Crippen LogP contribution in [0.15, 0.2) is 82.4 Å². The van der Waals surface area contributed by atoms with E-state index in [-0.39, 0.29) is 28.2 Å². The summed E-state index contributed by atoms with van der Waals surface area (Å²) in [4.78, 5) is 27.9. The van der Waals surface area contributed by atoms with Crippen LogP contribution in [0.5, 0.6) is 0 Å². The third-order valence-electron chi connectivity index (χ3n) is 7.50. The molecule has 0 N–H and O–H groups in total. The molecule has 2 aromatic carbocycles. The van der Waals surface area contributed by atoms with Crippen molar-refractivity contribution < 1.29 is 27.5 Å². The van der Waals surface area contributed by atoms with E-state index in [0.717, 1.165) is 10.6 Å². The Bertz CT molecular complexity index is 1750. The number of carbonyl (C=O) groups excluding carboxylic acids is 2. The number of hydrogen-bond acceptors (Lipinski definition) is 8. The summed E-state index contributed by atoms with van der Waals surface area (Å²) in [6.45, 7) is 5.74. The smallest absolute Gasteiger partial charge is 0.271 e. The average Bonchev–Trinajstić information content (AvgIpc) is 3.48. The number of ether oxygens (including phenoxy) is 2. The number of nitriles is 1. The SMILES string of the molecule is CCOCCCN1C(=O)C(C#N)=C(C)/C(=C\c2cn(-c3ccccc3)nc2-c2ccc(S(=O)(=O)N3CCOCC3)cc2)C1=O. The van der Waals surface area contributed by atoms with Crippen molar-refractivity contribution in [3.63, 3.8) is 0 Å². The summed E-state index contributed by atoms with van der Waals surface area (Å²) < 4.78 is 40.1. The molecule has 44 heavy (non-hydrogen) atoms. The lowest BCUT2D eigenvalue weighted by atomic mass is 9.93. The molecule has 0 saturated carbocycles. The van der Waals surface area contributed by atoms with E-state index >= 15 is 0 Å². The van der Waals surface area contributed by atoms with Gasteiger partial charge in [-0.2, -0.15) is 14.7 Å². The number of hydrogen-bond donors (Lipinski definition) is 0. The molecule has 1 saturated heterocycles. The quantitative estimate of drug-likeness (QED) is 0.192. The summed E-state index contributed by atoms with van der Waals surface area (Å²) in [5.41, 5.74) is 2.85. The first kappa shape index (κ1) is 31.0. The first-order valence-corrected chi connectivity index (χ1v) is 15.8. The second-order valence-corrected chi connectivity index (χ2v) is 12.2. The summed E-state index contributed by atoms with van der Waals surface area (Å²) >= 11 is 0.